The number of halogens is 4. The molecule has 2 aromatic rings. The predicted molar refractivity (Wildman–Crippen MR) is 81.0 cm³/mol. The third kappa shape index (κ3) is 3.19. The number of benzene rings is 2. The second-order valence-corrected chi connectivity index (χ2v) is 5.56. The summed E-state index contributed by atoms with van der Waals surface area (Å²) in [7, 11) is 0. The van der Waals surface area contributed by atoms with E-state index in [9.17, 15) is 8.78 Å². The Labute approximate surface area is 130 Å². The Kier molecular flexibility index (Phi) is 5.13. The molecule has 0 aliphatic rings. The summed E-state index contributed by atoms with van der Waals surface area (Å²) in [5, 5.41) is 3.45. The maximum atomic E-state index is 14.3. The van der Waals surface area contributed by atoms with Crippen molar-refractivity contribution in [1.29, 1.82) is 0 Å². The summed E-state index contributed by atoms with van der Waals surface area (Å²) in [5.41, 5.74) is 1.11. The number of hydrogen-bond acceptors (Lipinski definition) is 1. The Morgan fingerprint density at radius 1 is 1.20 bits per heavy atom. The summed E-state index contributed by atoms with van der Waals surface area (Å²) in [6, 6.07) is 8.78. The maximum absolute atomic E-state index is 14.3. The van der Waals surface area contributed by atoms with Crippen LogP contribution < -0.4 is 5.32 Å². The van der Waals surface area contributed by atoms with Gasteiger partial charge in [0.05, 0.1) is 10.5 Å². The molecular weight excluding hydrogens is 348 g/mol. The van der Waals surface area contributed by atoms with E-state index in [2.05, 4.69) is 21.2 Å². The van der Waals surface area contributed by atoms with E-state index in [0.29, 0.717) is 22.1 Å². The Hall–Kier alpha value is -0.970. The van der Waals surface area contributed by atoms with Gasteiger partial charge in [-0.1, -0.05) is 36.7 Å². The molecule has 0 aromatic heterocycles. The minimum atomic E-state index is -0.425. The SMILES string of the molecule is CCNC(c1ccc(F)cc1Cl)c1cccc(Br)c1F. The molecule has 0 saturated heterocycles. The smallest absolute Gasteiger partial charge is 0.142 e. The van der Waals surface area contributed by atoms with Gasteiger partial charge in [0.15, 0.2) is 0 Å². The topological polar surface area (TPSA) is 12.0 Å². The monoisotopic (exact) mass is 359 g/mol. The van der Waals surface area contributed by atoms with Crippen molar-refractivity contribution in [3.8, 4) is 0 Å². The van der Waals surface area contributed by atoms with E-state index in [4.69, 9.17) is 11.6 Å². The summed E-state index contributed by atoms with van der Waals surface area (Å²) in [6.45, 7) is 2.55. The van der Waals surface area contributed by atoms with E-state index in [1.54, 1.807) is 24.3 Å². The van der Waals surface area contributed by atoms with Crippen molar-refractivity contribution in [1.82, 2.24) is 5.32 Å². The molecule has 0 radical (unpaired) electrons. The zero-order chi connectivity index (χ0) is 14.7. The molecule has 0 amide bonds. The standard InChI is InChI=1S/C15H13BrClF2N/c1-2-20-15(10-7-6-9(18)8-13(10)17)11-4-3-5-12(16)14(11)19/h3-8,15,20H,2H2,1H3. The summed E-state index contributed by atoms with van der Waals surface area (Å²) in [6.07, 6.45) is 0. The van der Waals surface area contributed by atoms with Gasteiger partial charge in [0.1, 0.15) is 11.6 Å². The van der Waals surface area contributed by atoms with Crippen molar-refractivity contribution in [2.24, 2.45) is 0 Å². The van der Waals surface area contributed by atoms with Crippen molar-refractivity contribution in [3.05, 3.63) is 68.7 Å². The molecular formula is C15H13BrClF2N. The average molecular weight is 361 g/mol. The zero-order valence-corrected chi connectivity index (χ0v) is 13.1. The molecule has 2 aromatic carbocycles. The minimum absolute atomic E-state index is 0.273. The highest BCUT2D eigenvalue weighted by Gasteiger charge is 2.20. The fourth-order valence-corrected chi connectivity index (χ4v) is 2.73. The Morgan fingerprint density at radius 3 is 2.60 bits per heavy atom. The van der Waals surface area contributed by atoms with Crippen LogP contribution >= 0.6 is 27.5 Å². The lowest BCUT2D eigenvalue weighted by Crippen LogP contribution is -2.23. The molecule has 0 heterocycles. The highest BCUT2D eigenvalue weighted by molar-refractivity contribution is 9.10. The minimum Gasteiger partial charge on any atom is -0.306 e. The van der Waals surface area contributed by atoms with Crippen LogP contribution in [0.4, 0.5) is 8.78 Å². The number of nitrogens with one attached hydrogen (secondary N) is 1. The Balaban J connectivity index is 2.53. The van der Waals surface area contributed by atoms with Crippen LogP contribution in [0.5, 0.6) is 0 Å². The van der Waals surface area contributed by atoms with Crippen LogP contribution in [-0.4, -0.2) is 6.54 Å². The van der Waals surface area contributed by atoms with E-state index in [-0.39, 0.29) is 10.8 Å². The summed E-state index contributed by atoms with van der Waals surface area (Å²) < 4.78 is 27.8. The Morgan fingerprint density at radius 2 is 1.95 bits per heavy atom. The van der Waals surface area contributed by atoms with Crippen LogP contribution in [0, 0.1) is 11.6 Å². The van der Waals surface area contributed by atoms with Crippen molar-refractivity contribution >= 4 is 27.5 Å². The first-order valence-electron chi connectivity index (χ1n) is 6.16. The second kappa shape index (κ2) is 6.66. The maximum Gasteiger partial charge on any atom is 0.142 e. The largest absolute Gasteiger partial charge is 0.306 e. The van der Waals surface area contributed by atoms with E-state index in [1.165, 1.54) is 12.1 Å². The van der Waals surface area contributed by atoms with Gasteiger partial charge in [0, 0.05) is 10.6 Å². The summed E-state index contributed by atoms with van der Waals surface area (Å²) >= 11 is 9.26. The molecule has 0 bridgehead atoms. The fourth-order valence-electron chi connectivity index (χ4n) is 2.07. The lowest BCUT2D eigenvalue weighted by atomic mass is 9.98. The van der Waals surface area contributed by atoms with E-state index in [0.717, 1.165) is 0 Å². The normalized spacial score (nSPS) is 12.4. The molecule has 1 nitrogen and oxygen atoms in total. The predicted octanol–water partition coefficient (Wildman–Crippen LogP) is 5.08. The molecule has 0 fully saturated rings. The van der Waals surface area contributed by atoms with E-state index < -0.39 is 11.9 Å². The van der Waals surface area contributed by atoms with Crippen LogP contribution in [0.25, 0.3) is 0 Å². The fraction of sp³-hybridized carbons (Fsp3) is 0.200. The lowest BCUT2D eigenvalue weighted by Gasteiger charge is -2.21. The first-order chi connectivity index (χ1) is 9.54. The average Bonchev–Trinajstić information content (AvgIpc) is 2.40. The molecule has 0 aliphatic carbocycles. The van der Waals surface area contributed by atoms with Crippen molar-refractivity contribution < 1.29 is 8.78 Å². The first-order valence-corrected chi connectivity index (χ1v) is 7.34. The van der Waals surface area contributed by atoms with Gasteiger partial charge in [-0.25, -0.2) is 8.78 Å². The van der Waals surface area contributed by atoms with Gasteiger partial charge in [-0.05, 0) is 46.2 Å². The highest BCUT2D eigenvalue weighted by atomic mass is 79.9. The highest BCUT2D eigenvalue weighted by Crippen LogP contribution is 2.32. The van der Waals surface area contributed by atoms with Crippen LogP contribution in [0.3, 0.4) is 0 Å². The number of hydrogen-bond donors (Lipinski definition) is 1. The second-order valence-electron chi connectivity index (χ2n) is 4.30. The molecule has 0 aliphatic heterocycles. The number of rotatable bonds is 4. The molecule has 1 N–H and O–H groups in total. The van der Waals surface area contributed by atoms with Gasteiger partial charge >= 0.3 is 0 Å². The van der Waals surface area contributed by atoms with Gasteiger partial charge in [0.25, 0.3) is 0 Å². The molecule has 20 heavy (non-hydrogen) atoms. The first kappa shape index (κ1) is 15.4. The van der Waals surface area contributed by atoms with E-state index >= 15 is 0 Å². The van der Waals surface area contributed by atoms with Crippen molar-refractivity contribution in [3.63, 3.8) is 0 Å². The molecule has 0 saturated carbocycles. The van der Waals surface area contributed by atoms with Crippen molar-refractivity contribution in [2.75, 3.05) is 6.54 Å². The third-order valence-electron chi connectivity index (χ3n) is 2.97. The van der Waals surface area contributed by atoms with Gasteiger partial charge in [-0.15, -0.1) is 0 Å². The molecule has 2 rings (SSSR count). The van der Waals surface area contributed by atoms with Crippen LogP contribution in [0.1, 0.15) is 24.1 Å². The van der Waals surface area contributed by atoms with Crippen LogP contribution in [0.15, 0.2) is 40.9 Å². The van der Waals surface area contributed by atoms with Crippen LogP contribution in [0.2, 0.25) is 5.02 Å². The third-order valence-corrected chi connectivity index (χ3v) is 3.91. The summed E-state index contributed by atoms with van der Waals surface area (Å²) in [4.78, 5) is 0. The van der Waals surface area contributed by atoms with Gasteiger partial charge in [-0.2, -0.15) is 0 Å². The zero-order valence-electron chi connectivity index (χ0n) is 10.8. The summed E-state index contributed by atoms with van der Waals surface area (Å²) in [5.74, 6) is -0.762. The van der Waals surface area contributed by atoms with Gasteiger partial charge < -0.3 is 5.32 Å². The van der Waals surface area contributed by atoms with Crippen LogP contribution in [-0.2, 0) is 0 Å². The van der Waals surface area contributed by atoms with Gasteiger partial charge in [0.2, 0.25) is 0 Å². The molecule has 5 heteroatoms. The molecule has 106 valence electrons. The quantitative estimate of drug-likeness (QED) is 0.802. The molecule has 0 spiro atoms. The Bertz CT molecular complexity index is 619. The lowest BCUT2D eigenvalue weighted by molar-refractivity contribution is 0.554. The van der Waals surface area contributed by atoms with Gasteiger partial charge in [-0.3, -0.25) is 0 Å². The molecule has 1 atom stereocenters. The molecule has 1 unspecified atom stereocenters. The van der Waals surface area contributed by atoms with Crippen molar-refractivity contribution in [2.45, 2.75) is 13.0 Å². The van der Waals surface area contributed by atoms with E-state index in [1.807, 2.05) is 6.92 Å².